The van der Waals surface area contributed by atoms with E-state index < -0.39 is 29.9 Å². The molecular weight excluding hydrogens is 256 g/mol. The molecule has 4 nitrogen and oxygen atoms in total. The van der Waals surface area contributed by atoms with Crippen molar-refractivity contribution in [2.24, 2.45) is 0 Å². The molecule has 0 aliphatic rings. The first-order chi connectivity index (χ1) is 7.95. The number of nitrogens with one attached hydrogen (secondary N) is 1. The number of alkyl halides is 2. The predicted octanol–water partition coefficient (Wildman–Crippen LogP) is 2.07. The Morgan fingerprint density at radius 1 is 1.59 bits per heavy atom. The van der Waals surface area contributed by atoms with Crippen molar-refractivity contribution in [2.75, 3.05) is 6.61 Å². The Balaban J connectivity index is 3.13. The molecule has 0 amide bonds. The third-order valence-corrected chi connectivity index (χ3v) is 2.20. The van der Waals surface area contributed by atoms with E-state index in [1.165, 1.54) is 0 Å². The largest absolute Gasteiger partial charge is 0.466 e. The number of carbonyl (C=O) groups is 1. The molecule has 0 bridgehead atoms. The highest BCUT2D eigenvalue weighted by molar-refractivity contribution is 6.29. The summed E-state index contributed by atoms with van der Waals surface area (Å²) in [7, 11) is 0. The number of esters is 1. The van der Waals surface area contributed by atoms with Crippen molar-refractivity contribution < 1.29 is 18.3 Å². The molecule has 17 heavy (non-hydrogen) atoms. The van der Waals surface area contributed by atoms with Gasteiger partial charge < -0.3 is 9.72 Å². The van der Waals surface area contributed by atoms with Gasteiger partial charge in [-0.1, -0.05) is 11.6 Å². The normalized spacial score (nSPS) is 10.6. The number of H-pyrrole nitrogens is 1. The van der Waals surface area contributed by atoms with Crippen LogP contribution in [0.1, 0.15) is 24.5 Å². The first kappa shape index (κ1) is 13.6. The highest BCUT2D eigenvalue weighted by Gasteiger charge is 2.20. The first-order valence-electron chi connectivity index (χ1n) is 4.81. The van der Waals surface area contributed by atoms with Gasteiger partial charge in [-0.15, -0.1) is 0 Å². The molecule has 1 N–H and O–H groups in total. The van der Waals surface area contributed by atoms with E-state index in [0.29, 0.717) is 0 Å². The molecule has 94 valence electrons. The van der Waals surface area contributed by atoms with Crippen LogP contribution >= 0.6 is 11.6 Å². The van der Waals surface area contributed by atoms with Crippen LogP contribution in [0.5, 0.6) is 0 Å². The van der Waals surface area contributed by atoms with Crippen molar-refractivity contribution in [2.45, 2.75) is 19.8 Å². The molecule has 0 unspecified atom stereocenters. The van der Waals surface area contributed by atoms with E-state index in [0.717, 1.165) is 6.07 Å². The molecule has 1 aromatic heterocycles. The van der Waals surface area contributed by atoms with Gasteiger partial charge in [0.1, 0.15) is 5.15 Å². The Hall–Kier alpha value is -1.43. The standard InChI is InChI=1S/C10H10ClF2NO3/c1-2-17-8(15)4-6-5(9(12)13)3-7(11)14-10(6)16/h3,9H,2,4H2,1H3,(H,14,16). The fourth-order valence-corrected chi connectivity index (χ4v) is 1.51. The third kappa shape index (κ3) is 3.52. The highest BCUT2D eigenvalue weighted by atomic mass is 35.5. The number of rotatable bonds is 4. The van der Waals surface area contributed by atoms with Crippen molar-refractivity contribution in [3.63, 3.8) is 0 Å². The molecule has 1 rings (SSSR count). The maximum absolute atomic E-state index is 12.7. The zero-order chi connectivity index (χ0) is 13.0. The average Bonchev–Trinajstić information content (AvgIpc) is 2.21. The maximum atomic E-state index is 12.7. The summed E-state index contributed by atoms with van der Waals surface area (Å²) in [6, 6.07) is 0.933. The number of halogens is 3. The van der Waals surface area contributed by atoms with Crippen LogP contribution in [0.3, 0.4) is 0 Å². The van der Waals surface area contributed by atoms with Gasteiger partial charge in [0.05, 0.1) is 13.0 Å². The topological polar surface area (TPSA) is 59.2 Å². The lowest BCUT2D eigenvalue weighted by Gasteiger charge is -2.07. The van der Waals surface area contributed by atoms with Crippen LogP contribution in [0.25, 0.3) is 0 Å². The number of pyridine rings is 1. The summed E-state index contributed by atoms with van der Waals surface area (Å²) in [6.45, 7) is 1.70. The molecule has 0 atom stereocenters. The molecule has 7 heteroatoms. The van der Waals surface area contributed by atoms with Gasteiger partial charge in [-0.3, -0.25) is 9.59 Å². The summed E-state index contributed by atoms with van der Waals surface area (Å²) < 4.78 is 29.9. The fraction of sp³-hybridized carbons (Fsp3) is 0.400. The summed E-state index contributed by atoms with van der Waals surface area (Å²) in [5.41, 5.74) is -1.67. The lowest BCUT2D eigenvalue weighted by Crippen LogP contribution is -2.20. The number of ether oxygens (including phenoxy) is 1. The van der Waals surface area contributed by atoms with Crippen LogP contribution in [0.15, 0.2) is 10.9 Å². The van der Waals surface area contributed by atoms with Gasteiger partial charge in [0.2, 0.25) is 0 Å². The minimum Gasteiger partial charge on any atom is -0.466 e. The second kappa shape index (κ2) is 5.77. The van der Waals surface area contributed by atoms with Gasteiger partial charge in [0.25, 0.3) is 12.0 Å². The predicted molar refractivity (Wildman–Crippen MR) is 57.4 cm³/mol. The van der Waals surface area contributed by atoms with E-state index in [4.69, 9.17) is 11.6 Å². The Bertz CT molecular complexity index is 473. The first-order valence-corrected chi connectivity index (χ1v) is 5.18. The van der Waals surface area contributed by atoms with Gasteiger partial charge in [-0.25, -0.2) is 8.78 Å². The molecule has 0 spiro atoms. The molecule has 0 saturated heterocycles. The minimum absolute atomic E-state index is 0.119. The lowest BCUT2D eigenvalue weighted by molar-refractivity contribution is -0.142. The molecule has 0 saturated carbocycles. The second-order valence-electron chi connectivity index (χ2n) is 3.16. The van der Waals surface area contributed by atoms with Crippen molar-refractivity contribution >= 4 is 17.6 Å². The number of hydrogen-bond acceptors (Lipinski definition) is 3. The summed E-state index contributed by atoms with van der Waals surface area (Å²) in [4.78, 5) is 24.7. The second-order valence-corrected chi connectivity index (χ2v) is 3.57. The third-order valence-electron chi connectivity index (χ3n) is 2.00. The van der Waals surface area contributed by atoms with Crippen LogP contribution in [-0.4, -0.2) is 17.6 Å². The Morgan fingerprint density at radius 2 is 2.24 bits per heavy atom. The molecule has 0 aliphatic carbocycles. The zero-order valence-electron chi connectivity index (χ0n) is 8.93. The number of aromatic nitrogens is 1. The van der Waals surface area contributed by atoms with Crippen LogP contribution in [-0.2, 0) is 16.0 Å². The summed E-state index contributed by atoms with van der Waals surface area (Å²) in [5.74, 6) is -0.734. The van der Waals surface area contributed by atoms with Gasteiger partial charge in [-0.05, 0) is 13.0 Å². The Kier molecular flexibility index (Phi) is 4.62. The van der Waals surface area contributed by atoms with Crippen molar-refractivity contribution in [1.29, 1.82) is 0 Å². The van der Waals surface area contributed by atoms with Crippen LogP contribution in [0.2, 0.25) is 5.15 Å². The van der Waals surface area contributed by atoms with Gasteiger partial charge in [0, 0.05) is 11.1 Å². The SMILES string of the molecule is CCOC(=O)Cc1c(C(F)F)cc(Cl)[nH]c1=O. The van der Waals surface area contributed by atoms with E-state index in [-0.39, 0.29) is 17.3 Å². The molecule has 0 aliphatic heterocycles. The maximum Gasteiger partial charge on any atom is 0.310 e. The summed E-state index contributed by atoms with van der Waals surface area (Å²) >= 11 is 5.46. The monoisotopic (exact) mass is 265 g/mol. The van der Waals surface area contributed by atoms with Gasteiger partial charge >= 0.3 is 5.97 Å². The molecule has 0 radical (unpaired) electrons. The van der Waals surface area contributed by atoms with Crippen LogP contribution in [0.4, 0.5) is 8.78 Å². The molecule has 1 aromatic rings. The number of hydrogen-bond donors (Lipinski definition) is 1. The quantitative estimate of drug-likeness (QED) is 0.670. The van der Waals surface area contributed by atoms with E-state index in [2.05, 4.69) is 9.72 Å². The van der Waals surface area contributed by atoms with Gasteiger partial charge in [0.15, 0.2) is 0 Å². The van der Waals surface area contributed by atoms with E-state index in [1.54, 1.807) is 6.92 Å². The smallest absolute Gasteiger partial charge is 0.310 e. The fourth-order valence-electron chi connectivity index (χ4n) is 1.31. The average molecular weight is 266 g/mol. The zero-order valence-corrected chi connectivity index (χ0v) is 9.68. The summed E-state index contributed by atoms with van der Waals surface area (Å²) in [5, 5.41) is -0.196. The van der Waals surface area contributed by atoms with Crippen LogP contribution < -0.4 is 5.56 Å². The van der Waals surface area contributed by atoms with E-state index >= 15 is 0 Å². The Labute approximate surface area is 101 Å². The minimum atomic E-state index is -2.88. The molecular formula is C10H10ClF2NO3. The van der Waals surface area contributed by atoms with Crippen molar-refractivity contribution in [3.8, 4) is 0 Å². The van der Waals surface area contributed by atoms with Gasteiger partial charge in [-0.2, -0.15) is 0 Å². The highest BCUT2D eigenvalue weighted by Crippen LogP contribution is 2.23. The van der Waals surface area contributed by atoms with Crippen molar-refractivity contribution in [1.82, 2.24) is 4.98 Å². The van der Waals surface area contributed by atoms with E-state index in [1.807, 2.05) is 0 Å². The molecule has 0 aromatic carbocycles. The number of aromatic amines is 1. The van der Waals surface area contributed by atoms with E-state index in [9.17, 15) is 18.4 Å². The Morgan fingerprint density at radius 3 is 2.76 bits per heavy atom. The molecule has 1 heterocycles. The van der Waals surface area contributed by atoms with Crippen molar-refractivity contribution in [3.05, 3.63) is 32.7 Å². The summed E-state index contributed by atoms with van der Waals surface area (Å²) in [6.07, 6.45) is -3.38. The lowest BCUT2D eigenvalue weighted by atomic mass is 10.1. The number of carbonyl (C=O) groups excluding carboxylic acids is 1. The van der Waals surface area contributed by atoms with Crippen LogP contribution in [0, 0.1) is 0 Å². The molecule has 0 fully saturated rings.